The number of methoxy groups -OCH3 is 1. The third-order valence-electron chi connectivity index (χ3n) is 4.52. The van der Waals surface area contributed by atoms with Crippen LogP contribution in [-0.2, 0) is 20.7 Å². The second-order valence-corrected chi connectivity index (χ2v) is 6.58. The van der Waals surface area contributed by atoms with E-state index < -0.39 is 0 Å². The van der Waals surface area contributed by atoms with Gasteiger partial charge in [-0.3, -0.25) is 9.59 Å². The topological polar surface area (TPSA) is 64.6 Å². The van der Waals surface area contributed by atoms with E-state index in [1.54, 1.807) is 24.3 Å². The number of hydrogen-bond donors (Lipinski definition) is 1. The molecule has 1 amide bonds. The van der Waals surface area contributed by atoms with Crippen molar-refractivity contribution in [3.05, 3.63) is 77.9 Å². The Hall–Kier alpha value is -3.34. The molecule has 0 aliphatic heterocycles. The summed E-state index contributed by atoms with van der Waals surface area (Å²) in [5, 5.41) is 5.26. The average molecular weight is 377 g/mol. The molecule has 3 aromatic carbocycles. The highest BCUT2D eigenvalue weighted by Gasteiger charge is 2.11. The first kappa shape index (κ1) is 19.4. The Kier molecular flexibility index (Phi) is 6.27. The van der Waals surface area contributed by atoms with Gasteiger partial charge in [0.15, 0.2) is 6.61 Å². The second-order valence-electron chi connectivity index (χ2n) is 6.58. The first-order valence-corrected chi connectivity index (χ1v) is 9.12. The smallest absolute Gasteiger partial charge is 0.309 e. The van der Waals surface area contributed by atoms with Gasteiger partial charge in [-0.15, -0.1) is 0 Å². The molecular weight excluding hydrogens is 354 g/mol. The predicted octanol–water partition coefficient (Wildman–Crippen LogP) is 3.81. The van der Waals surface area contributed by atoms with E-state index in [4.69, 9.17) is 4.74 Å². The minimum atomic E-state index is -0.296. The molecule has 28 heavy (non-hydrogen) atoms. The summed E-state index contributed by atoms with van der Waals surface area (Å²) >= 11 is 0. The van der Waals surface area contributed by atoms with E-state index in [-0.39, 0.29) is 30.9 Å². The van der Waals surface area contributed by atoms with Crippen molar-refractivity contribution in [3.8, 4) is 5.75 Å². The fourth-order valence-electron chi connectivity index (χ4n) is 2.93. The summed E-state index contributed by atoms with van der Waals surface area (Å²) in [4.78, 5) is 23.5. The van der Waals surface area contributed by atoms with Crippen molar-refractivity contribution in [2.45, 2.75) is 19.4 Å². The van der Waals surface area contributed by atoms with Crippen LogP contribution in [-0.4, -0.2) is 25.6 Å². The lowest BCUT2D eigenvalue weighted by Gasteiger charge is -2.15. The fraction of sp³-hybridized carbons (Fsp3) is 0.217. The van der Waals surface area contributed by atoms with Crippen LogP contribution in [0.2, 0.25) is 0 Å². The molecule has 3 aromatic rings. The third kappa shape index (κ3) is 5.10. The molecule has 0 heterocycles. The minimum Gasteiger partial charge on any atom is -0.484 e. The summed E-state index contributed by atoms with van der Waals surface area (Å²) in [5.74, 6) is 0.0807. The second kappa shape index (κ2) is 9.04. The summed E-state index contributed by atoms with van der Waals surface area (Å²) < 4.78 is 10.2. The number of benzene rings is 3. The molecule has 0 saturated heterocycles. The number of fused-ring (bicyclic) bond motifs is 1. The van der Waals surface area contributed by atoms with Crippen LogP contribution in [0.4, 0.5) is 0 Å². The van der Waals surface area contributed by atoms with Gasteiger partial charge < -0.3 is 14.8 Å². The first-order valence-electron chi connectivity index (χ1n) is 9.12. The van der Waals surface area contributed by atoms with Gasteiger partial charge in [-0.25, -0.2) is 0 Å². The van der Waals surface area contributed by atoms with Crippen LogP contribution in [0, 0.1) is 0 Å². The molecule has 0 fully saturated rings. The summed E-state index contributed by atoms with van der Waals surface area (Å²) in [6.07, 6.45) is 0.209. The molecule has 1 unspecified atom stereocenters. The average Bonchev–Trinajstić information content (AvgIpc) is 2.72. The molecule has 1 N–H and O–H groups in total. The summed E-state index contributed by atoms with van der Waals surface area (Å²) in [6, 6.07) is 21.2. The predicted molar refractivity (Wildman–Crippen MR) is 108 cm³/mol. The number of rotatable bonds is 7. The molecule has 0 spiro atoms. The maximum Gasteiger partial charge on any atom is 0.309 e. The van der Waals surface area contributed by atoms with Crippen molar-refractivity contribution in [2.24, 2.45) is 0 Å². The van der Waals surface area contributed by atoms with Gasteiger partial charge in [0.25, 0.3) is 5.91 Å². The van der Waals surface area contributed by atoms with Gasteiger partial charge in [0.2, 0.25) is 0 Å². The van der Waals surface area contributed by atoms with Gasteiger partial charge in [-0.05, 0) is 47.0 Å². The summed E-state index contributed by atoms with van der Waals surface area (Å²) in [5.41, 5.74) is 1.87. The lowest BCUT2D eigenvalue weighted by Crippen LogP contribution is -2.31. The van der Waals surface area contributed by atoms with Crippen molar-refractivity contribution in [3.63, 3.8) is 0 Å². The maximum atomic E-state index is 12.2. The normalized spacial score (nSPS) is 11.6. The molecular formula is C23H23NO4. The highest BCUT2D eigenvalue weighted by atomic mass is 16.5. The van der Waals surface area contributed by atoms with Crippen molar-refractivity contribution in [2.75, 3.05) is 13.7 Å². The first-order chi connectivity index (χ1) is 13.5. The molecule has 0 aromatic heterocycles. The maximum absolute atomic E-state index is 12.2. The molecule has 144 valence electrons. The highest BCUT2D eigenvalue weighted by Crippen LogP contribution is 2.20. The lowest BCUT2D eigenvalue weighted by molar-refractivity contribution is -0.139. The molecule has 0 aliphatic carbocycles. The number of carbonyl (C=O) groups excluding carboxylic acids is 2. The number of amides is 1. The van der Waals surface area contributed by atoms with Gasteiger partial charge in [-0.1, -0.05) is 48.5 Å². The molecule has 1 atom stereocenters. The Balaban J connectivity index is 1.52. The minimum absolute atomic E-state index is 0.0751. The van der Waals surface area contributed by atoms with Gasteiger partial charge in [0.05, 0.1) is 19.6 Å². The quantitative estimate of drug-likeness (QED) is 0.636. The van der Waals surface area contributed by atoms with E-state index >= 15 is 0 Å². The largest absolute Gasteiger partial charge is 0.484 e. The number of ether oxygens (including phenoxy) is 2. The molecule has 0 saturated carbocycles. The SMILES string of the molecule is COC(=O)Cc1ccc(OCC(=O)NC(C)c2ccc3ccccc3c2)cc1. The monoisotopic (exact) mass is 377 g/mol. The number of esters is 1. The molecule has 3 rings (SSSR count). The zero-order valence-corrected chi connectivity index (χ0v) is 16.0. The molecule has 5 nitrogen and oxygen atoms in total. The summed E-state index contributed by atoms with van der Waals surface area (Å²) in [7, 11) is 1.36. The number of nitrogens with one attached hydrogen (secondary N) is 1. The van der Waals surface area contributed by atoms with Crippen LogP contribution >= 0.6 is 0 Å². The van der Waals surface area contributed by atoms with Crippen LogP contribution < -0.4 is 10.1 Å². The van der Waals surface area contributed by atoms with E-state index in [0.717, 1.165) is 16.5 Å². The van der Waals surface area contributed by atoms with Crippen molar-refractivity contribution in [1.82, 2.24) is 5.32 Å². The van der Waals surface area contributed by atoms with E-state index in [0.29, 0.717) is 5.75 Å². The fourth-order valence-corrected chi connectivity index (χ4v) is 2.93. The zero-order chi connectivity index (χ0) is 19.9. The Morgan fingerprint density at radius 1 is 0.964 bits per heavy atom. The van der Waals surface area contributed by atoms with Crippen molar-refractivity contribution >= 4 is 22.6 Å². The van der Waals surface area contributed by atoms with E-state index in [2.05, 4.69) is 34.3 Å². The Labute approximate surface area is 164 Å². The van der Waals surface area contributed by atoms with Crippen LogP contribution in [0.1, 0.15) is 24.1 Å². The van der Waals surface area contributed by atoms with Gasteiger partial charge in [0.1, 0.15) is 5.75 Å². The van der Waals surface area contributed by atoms with Crippen molar-refractivity contribution < 1.29 is 19.1 Å². The van der Waals surface area contributed by atoms with Gasteiger partial charge in [0, 0.05) is 0 Å². The zero-order valence-electron chi connectivity index (χ0n) is 16.0. The summed E-state index contributed by atoms with van der Waals surface area (Å²) in [6.45, 7) is 1.87. The van der Waals surface area contributed by atoms with E-state index in [1.165, 1.54) is 12.5 Å². The Bertz CT molecular complexity index is 966. The highest BCUT2D eigenvalue weighted by molar-refractivity contribution is 5.83. The van der Waals surface area contributed by atoms with E-state index in [9.17, 15) is 9.59 Å². The van der Waals surface area contributed by atoms with Crippen LogP contribution in [0.3, 0.4) is 0 Å². The Morgan fingerprint density at radius 3 is 2.39 bits per heavy atom. The number of carbonyl (C=O) groups is 2. The lowest BCUT2D eigenvalue weighted by atomic mass is 10.0. The van der Waals surface area contributed by atoms with E-state index in [1.807, 2.05) is 25.1 Å². The third-order valence-corrected chi connectivity index (χ3v) is 4.52. The standard InChI is InChI=1S/C23H23NO4/c1-16(19-10-9-18-5-3-4-6-20(18)14-19)24-22(25)15-28-21-11-7-17(8-12-21)13-23(26)27-2/h3-12,14,16H,13,15H2,1-2H3,(H,24,25). The number of hydrogen-bond acceptors (Lipinski definition) is 4. The molecule has 0 aliphatic rings. The van der Waals surface area contributed by atoms with Crippen LogP contribution in [0.25, 0.3) is 10.8 Å². The van der Waals surface area contributed by atoms with Crippen LogP contribution in [0.15, 0.2) is 66.7 Å². The van der Waals surface area contributed by atoms with Crippen molar-refractivity contribution in [1.29, 1.82) is 0 Å². The van der Waals surface area contributed by atoms with Gasteiger partial charge >= 0.3 is 5.97 Å². The molecule has 0 radical (unpaired) electrons. The molecule has 5 heteroatoms. The Morgan fingerprint density at radius 2 is 1.68 bits per heavy atom. The van der Waals surface area contributed by atoms with Gasteiger partial charge in [-0.2, -0.15) is 0 Å². The van der Waals surface area contributed by atoms with Crippen LogP contribution in [0.5, 0.6) is 5.75 Å². The molecule has 0 bridgehead atoms.